The molecule has 0 spiro atoms. The van der Waals surface area contributed by atoms with Crippen LogP contribution < -0.4 is 5.32 Å². The van der Waals surface area contributed by atoms with E-state index in [0.717, 1.165) is 13.0 Å². The van der Waals surface area contributed by atoms with Crippen molar-refractivity contribution in [2.45, 2.75) is 18.9 Å². The zero-order chi connectivity index (χ0) is 8.97. The molecule has 1 aliphatic heterocycles. The van der Waals surface area contributed by atoms with E-state index in [0.29, 0.717) is 12.6 Å². The standard InChI is InChI=1S/C8H16N2O2/c1-10(2)8(11)12-6-7-4-3-5-9-7/h7,9H,3-6H2,1-2H3/t7-/m0/s1. The van der Waals surface area contributed by atoms with Crippen molar-refractivity contribution in [2.75, 3.05) is 27.2 Å². The van der Waals surface area contributed by atoms with Crippen molar-refractivity contribution in [3.8, 4) is 0 Å². The fourth-order valence-corrected chi connectivity index (χ4v) is 1.20. The Morgan fingerprint density at radius 2 is 2.42 bits per heavy atom. The van der Waals surface area contributed by atoms with Crippen molar-refractivity contribution in [1.82, 2.24) is 10.2 Å². The number of carbonyl (C=O) groups is 1. The van der Waals surface area contributed by atoms with Gasteiger partial charge in [-0.2, -0.15) is 0 Å². The van der Waals surface area contributed by atoms with E-state index in [9.17, 15) is 4.79 Å². The van der Waals surface area contributed by atoms with E-state index in [1.807, 2.05) is 0 Å². The average Bonchev–Trinajstić information content (AvgIpc) is 2.51. The molecule has 4 nitrogen and oxygen atoms in total. The van der Waals surface area contributed by atoms with Crippen molar-refractivity contribution in [3.63, 3.8) is 0 Å². The van der Waals surface area contributed by atoms with Crippen LogP contribution in [0.5, 0.6) is 0 Å². The van der Waals surface area contributed by atoms with Gasteiger partial charge in [-0.05, 0) is 19.4 Å². The molecule has 1 N–H and O–H groups in total. The van der Waals surface area contributed by atoms with Crippen molar-refractivity contribution >= 4 is 6.09 Å². The van der Waals surface area contributed by atoms with Crippen molar-refractivity contribution in [3.05, 3.63) is 0 Å². The van der Waals surface area contributed by atoms with Crippen molar-refractivity contribution in [1.29, 1.82) is 0 Å². The van der Waals surface area contributed by atoms with Gasteiger partial charge in [0.2, 0.25) is 0 Å². The third kappa shape index (κ3) is 2.70. The Kier molecular flexibility index (Phi) is 3.34. The first-order valence-electron chi connectivity index (χ1n) is 4.27. The van der Waals surface area contributed by atoms with Crippen molar-refractivity contribution in [2.24, 2.45) is 0 Å². The van der Waals surface area contributed by atoms with Gasteiger partial charge in [-0.1, -0.05) is 0 Å². The number of nitrogens with zero attached hydrogens (tertiary/aromatic N) is 1. The van der Waals surface area contributed by atoms with Gasteiger partial charge in [0.15, 0.2) is 0 Å². The monoisotopic (exact) mass is 172 g/mol. The number of amides is 1. The number of nitrogens with one attached hydrogen (secondary N) is 1. The highest BCUT2D eigenvalue weighted by Gasteiger charge is 2.16. The molecule has 1 saturated heterocycles. The summed E-state index contributed by atoms with van der Waals surface area (Å²) in [5, 5.41) is 3.26. The van der Waals surface area contributed by atoms with E-state index in [-0.39, 0.29) is 6.09 Å². The first kappa shape index (κ1) is 9.32. The Balaban J connectivity index is 2.12. The molecule has 0 aliphatic carbocycles. The minimum Gasteiger partial charge on any atom is -0.448 e. The van der Waals surface area contributed by atoms with Crippen LogP contribution in [0.15, 0.2) is 0 Å². The molecule has 0 aromatic carbocycles. The smallest absolute Gasteiger partial charge is 0.409 e. The first-order chi connectivity index (χ1) is 5.70. The zero-order valence-electron chi connectivity index (χ0n) is 7.67. The average molecular weight is 172 g/mol. The third-order valence-electron chi connectivity index (χ3n) is 1.94. The van der Waals surface area contributed by atoms with E-state index < -0.39 is 0 Å². The van der Waals surface area contributed by atoms with Gasteiger partial charge in [-0.15, -0.1) is 0 Å². The van der Waals surface area contributed by atoms with E-state index >= 15 is 0 Å². The Hall–Kier alpha value is -0.770. The Morgan fingerprint density at radius 1 is 1.67 bits per heavy atom. The molecule has 1 aliphatic rings. The first-order valence-corrected chi connectivity index (χ1v) is 4.27. The van der Waals surface area contributed by atoms with Crippen LogP contribution >= 0.6 is 0 Å². The van der Waals surface area contributed by atoms with Crippen LogP contribution in [0, 0.1) is 0 Å². The lowest BCUT2D eigenvalue weighted by molar-refractivity contribution is 0.110. The van der Waals surface area contributed by atoms with Gasteiger partial charge in [0, 0.05) is 20.1 Å². The molecule has 70 valence electrons. The van der Waals surface area contributed by atoms with Crippen LogP contribution in [-0.2, 0) is 4.74 Å². The van der Waals surface area contributed by atoms with Gasteiger partial charge >= 0.3 is 6.09 Å². The maximum atomic E-state index is 11.0. The maximum Gasteiger partial charge on any atom is 0.409 e. The van der Waals surface area contributed by atoms with Crippen LogP contribution in [0.25, 0.3) is 0 Å². The number of hydrogen-bond acceptors (Lipinski definition) is 3. The van der Waals surface area contributed by atoms with E-state index in [1.165, 1.54) is 11.3 Å². The molecule has 0 aromatic heterocycles. The topological polar surface area (TPSA) is 41.6 Å². The van der Waals surface area contributed by atoms with Crippen LogP contribution in [-0.4, -0.2) is 44.3 Å². The molecule has 1 fully saturated rings. The highest BCUT2D eigenvalue weighted by atomic mass is 16.6. The van der Waals surface area contributed by atoms with Gasteiger partial charge < -0.3 is 15.0 Å². The van der Waals surface area contributed by atoms with E-state index in [1.54, 1.807) is 14.1 Å². The quantitative estimate of drug-likeness (QED) is 0.657. The molecule has 4 heteroatoms. The lowest BCUT2D eigenvalue weighted by Crippen LogP contribution is -2.31. The van der Waals surface area contributed by atoms with Crippen molar-refractivity contribution < 1.29 is 9.53 Å². The summed E-state index contributed by atoms with van der Waals surface area (Å²) >= 11 is 0. The highest BCUT2D eigenvalue weighted by Crippen LogP contribution is 2.05. The summed E-state index contributed by atoms with van der Waals surface area (Å²) in [6, 6.07) is 0.369. The fourth-order valence-electron chi connectivity index (χ4n) is 1.20. The summed E-state index contributed by atoms with van der Waals surface area (Å²) in [5.74, 6) is 0. The summed E-state index contributed by atoms with van der Waals surface area (Å²) in [6.07, 6.45) is 2.04. The minimum atomic E-state index is -0.260. The predicted molar refractivity (Wildman–Crippen MR) is 46.1 cm³/mol. The summed E-state index contributed by atoms with van der Waals surface area (Å²) < 4.78 is 5.01. The molecule has 1 atom stereocenters. The summed E-state index contributed by atoms with van der Waals surface area (Å²) in [7, 11) is 3.37. The fraction of sp³-hybridized carbons (Fsp3) is 0.875. The van der Waals surface area contributed by atoms with E-state index in [2.05, 4.69) is 5.32 Å². The van der Waals surface area contributed by atoms with Gasteiger partial charge in [-0.25, -0.2) is 4.79 Å². The normalized spacial score (nSPS) is 22.3. The van der Waals surface area contributed by atoms with E-state index in [4.69, 9.17) is 4.74 Å². The number of ether oxygens (including phenoxy) is 1. The second-order valence-electron chi connectivity index (χ2n) is 3.26. The molecular formula is C8H16N2O2. The molecule has 0 unspecified atom stereocenters. The van der Waals surface area contributed by atoms with Gasteiger partial charge in [0.05, 0.1) is 0 Å². The molecule has 1 rings (SSSR count). The molecule has 0 saturated carbocycles. The molecule has 12 heavy (non-hydrogen) atoms. The van der Waals surface area contributed by atoms with Crippen LogP contribution in [0.1, 0.15) is 12.8 Å². The molecule has 1 heterocycles. The largest absolute Gasteiger partial charge is 0.448 e. The zero-order valence-corrected chi connectivity index (χ0v) is 7.67. The maximum absolute atomic E-state index is 11.0. The number of hydrogen-bond donors (Lipinski definition) is 1. The predicted octanol–water partition coefficient (Wildman–Crippen LogP) is 0.437. The molecule has 0 bridgehead atoms. The number of carbonyl (C=O) groups excluding carboxylic acids is 1. The Bertz CT molecular complexity index is 153. The van der Waals surface area contributed by atoms with Gasteiger partial charge in [-0.3, -0.25) is 0 Å². The molecule has 1 amide bonds. The summed E-state index contributed by atoms with van der Waals surface area (Å²) in [4.78, 5) is 12.4. The summed E-state index contributed by atoms with van der Waals surface area (Å²) in [5.41, 5.74) is 0. The second kappa shape index (κ2) is 4.30. The Morgan fingerprint density at radius 3 is 2.92 bits per heavy atom. The molecule has 0 aromatic rings. The molecular weight excluding hydrogens is 156 g/mol. The van der Waals surface area contributed by atoms with Crippen LogP contribution in [0.4, 0.5) is 4.79 Å². The van der Waals surface area contributed by atoms with Crippen LogP contribution in [0.2, 0.25) is 0 Å². The third-order valence-corrected chi connectivity index (χ3v) is 1.94. The van der Waals surface area contributed by atoms with Gasteiger partial charge in [0.25, 0.3) is 0 Å². The highest BCUT2D eigenvalue weighted by molar-refractivity contribution is 5.66. The second-order valence-corrected chi connectivity index (χ2v) is 3.26. The SMILES string of the molecule is CN(C)C(=O)OC[C@@H]1CCCN1. The lowest BCUT2D eigenvalue weighted by atomic mass is 10.2. The van der Waals surface area contributed by atoms with Crippen LogP contribution in [0.3, 0.4) is 0 Å². The summed E-state index contributed by atoms with van der Waals surface area (Å²) in [6.45, 7) is 1.54. The van der Waals surface area contributed by atoms with Gasteiger partial charge in [0.1, 0.15) is 6.61 Å². The molecule has 0 radical (unpaired) electrons. The minimum absolute atomic E-state index is 0.260. The Labute approximate surface area is 72.9 Å². The lowest BCUT2D eigenvalue weighted by Gasteiger charge is -2.14. The number of rotatable bonds is 2.